The van der Waals surface area contributed by atoms with Gasteiger partial charge in [0.2, 0.25) is 5.91 Å². The van der Waals surface area contributed by atoms with Crippen LogP contribution in [0.4, 0.5) is 10.5 Å². The summed E-state index contributed by atoms with van der Waals surface area (Å²) >= 11 is 3.36. The highest BCUT2D eigenvalue weighted by Gasteiger charge is 2.37. The Morgan fingerprint density at radius 1 is 1.29 bits per heavy atom. The van der Waals surface area contributed by atoms with Gasteiger partial charge in [-0.3, -0.25) is 4.79 Å². The maximum Gasteiger partial charge on any atom is 0.341 e. The summed E-state index contributed by atoms with van der Waals surface area (Å²) in [5, 5.41) is 15.5. The lowest BCUT2D eigenvalue weighted by Gasteiger charge is -2.30. The van der Waals surface area contributed by atoms with Crippen LogP contribution < -0.4 is 15.4 Å². The smallest absolute Gasteiger partial charge is 0.341 e. The van der Waals surface area contributed by atoms with Crippen molar-refractivity contribution in [2.45, 2.75) is 19.9 Å². The van der Waals surface area contributed by atoms with Crippen LogP contribution in [0.1, 0.15) is 25.5 Å². The molecule has 0 spiro atoms. The van der Waals surface area contributed by atoms with Crippen molar-refractivity contribution in [3.05, 3.63) is 52.5 Å². The number of aromatic hydroxyl groups is 1. The Labute approximate surface area is 170 Å². The largest absolute Gasteiger partial charge is 0.504 e. The van der Waals surface area contributed by atoms with Crippen LogP contribution in [0.3, 0.4) is 0 Å². The summed E-state index contributed by atoms with van der Waals surface area (Å²) in [6, 6.07) is 10.8. The van der Waals surface area contributed by atoms with E-state index in [-0.39, 0.29) is 11.7 Å². The number of anilines is 1. The second-order valence-corrected chi connectivity index (χ2v) is 7.23. The maximum atomic E-state index is 13.0. The number of urea groups is 1. The quantitative estimate of drug-likeness (QED) is 0.646. The molecule has 1 aliphatic heterocycles. The number of aliphatic imine (C=N–C) groups is 1. The monoisotopic (exact) mass is 445 g/mol. The van der Waals surface area contributed by atoms with E-state index >= 15 is 0 Å². The molecule has 0 aliphatic carbocycles. The highest BCUT2D eigenvalue weighted by Crippen LogP contribution is 2.34. The number of hydrogen-bond acceptors (Lipinski definition) is 4. The first-order valence-corrected chi connectivity index (χ1v) is 9.56. The SMILES string of the molecule is CCOc1cc(C2NC(=O)N=C(C)C2C(=O)Nc2ccc(Br)cc2)ccc1O. The Bertz CT molecular complexity index is 928. The molecule has 2 aromatic rings. The number of nitrogens with zero attached hydrogens (tertiary/aromatic N) is 1. The van der Waals surface area contributed by atoms with Gasteiger partial charge in [0.15, 0.2) is 11.5 Å². The molecule has 2 unspecified atom stereocenters. The number of benzene rings is 2. The molecule has 0 fully saturated rings. The van der Waals surface area contributed by atoms with E-state index in [2.05, 4.69) is 31.6 Å². The fraction of sp³-hybridized carbons (Fsp3) is 0.250. The van der Waals surface area contributed by atoms with Gasteiger partial charge in [0.05, 0.1) is 12.6 Å². The molecule has 0 radical (unpaired) electrons. The topological polar surface area (TPSA) is 100 Å². The summed E-state index contributed by atoms with van der Waals surface area (Å²) in [5.74, 6) is -0.713. The van der Waals surface area contributed by atoms with Crippen LogP contribution in [0.25, 0.3) is 0 Å². The Morgan fingerprint density at radius 3 is 2.68 bits per heavy atom. The van der Waals surface area contributed by atoms with Crippen molar-refractivity contribution >= 4 is 39.3 Å². The Hall–Kier alpha value is -2.87. The van der Waals surface area contributed by atoms with Crippen molar-refractivity contribution in [3.8, 4) is 11.5 Å². The van der Waals surface area contributed by atoms with Crippen LogP contribution in [0.2, 0.25) is 0 Å². The molecule has 1 heterocycles. The van der Waals surface area contributed by atoms with Gasteiger partial charge in [-0.2, -0.15) is 0 Å². The fourth-order valence-electron chi connectivity index (χ4n) is 3.08. The van der Waals surface area contributed by atoms with Crippen molar-refractivity contribution in [2.75, 3.05) is 11.9 Å². The normalized spacial score (nSPS) is 18.8. The second kappa shape index (κ2) is 8.43. The summed E-state index contributed by atoms with van der Waals surface area (Å²) in [6.07, 6.45) is 0. The van der Waals surface area contributed by atoms with Gasteiger partial charge < -0.3 is 20.5 Å². The third-order valence-corrected chi connectivity index (χ3v) is 4.91. The van der Waals surface area contributed by atoms with Gasteiger partial charge in [-0.25, -0.2) is 9.79 Å². The molecule has 0 saturated heterocycles. The molecule has 0 bridgehead atoms. The predicted octanol–water partition coefficient (Wildman–Crippen LogP) is 4.03. The number of carbonyl (C=O) groups excluding carboxylic acids is 2. The van der Waals surface area contributed by atoms with Crippen molar-refractivity contribution < 1.29 is 19.4 Å². The van der Waals surface area contributed by atoms with E-state index in [9.17, 15) is 14.7 Å². The maximum absolute atomic E-state index is 13.0. The van der Waals surface area contributed by atoms with E-state index in [0.29, 0.717) is 29.3 Å². The number of rotatable bonds is 5. The number of amides is 3. The van der Waals surface area contributed by atoms with E-state index in [0.717, 1.165) is 4.47 Å². The Morgan fingerprint density at radius 2 is 2.00 bits per heavy atom. The van der Waals surface area contributed by atoms with Crippen molar-refractivity contribution in [1.82, 2.24) is 5.32 Å². The van der Waals surface area contributed by atoms with Crippen LogP contribution >= 0.6 is 15.9 Å². The lowest BCUT2D eigenvalue weighted by molar-refractivity contribution is -0.118. The Balaban J connectivity index is 1.93. The summed E-state index contributed by atoms with van der Waals surface area (Å²) in [4.78, 5) is 28.9. The number of ether oxygens (including phenoxy) is 1. The highest BCUT2D eigenvalue weighted by molar-refractivity contribution is 9.10. The lowest BCUT2D eigenvalue weighted by atomic mass is 9.87. The minimum absolute atomic E-state index is 0.00557. The summed E-state index contributed by atoms with van der Waals surface area (Å²) in [6.45, 7) is 3.84. The standard InChI is InChI=1S/C20H20BrN3O4/c1-3-28-16-10-12(4-9-15(16)25)18-17(11(2)22-20(27)24-18)19(26)23-14-7-5-13(21)6-8-14/h4-10,17-18,25H,3H2,1-2H3,(H,23,26)(H,24,27). The lowest BCUT2D eigenvalue weighted by Crippen LogP contribution is -2.45. The summed E-state index contributed by atoms with van der Waals surface area (Å²) < 4.78 is 6.33. The van der Waals surface area contributed by atoms with Gasteiger partial charge in [-0.1, -0.05) is 22.0 Å². The molecule has 146 valence electrons. The number of halogens is 1. The molecule has 3 amide bonds. The van der Waals surface area contributed by atoms with Gasteiger partial charge in [0.1, 0.15) is 5.92 Å². The van der Waals surface area contributed by atoms with E-state index in [1.54, 1.807) is 38.1 Å². The van der Waals surface area contributed by atoms with Crippen molar-refractivity contribution in [1.29, 1.82) is 0 Å². The second-order valence-electron chi connectivity index (χ2n) is 6.31. The zero-order valence-corrected chi connectivity index (χ0v) is 17.0. The minimum Gasteiger partial charge on any atom is -0.504 e. The van der Waals surface area contributed by atoms with Crippen LogP contribution in [0, 0.1) is 5.92 Å². The molecule has 7 nitrogen and oxygen atoms in total. The molecule has 0 saturated carbocycles. The number of phenolic OH excluding ortho intramolecular Hbond substituents is 1. The van der Waals surface area contributed by atoms with Crippen molar-refractivity contribution in [3.63, 3.8) is 0 Å². The molecule has 3 rings (SSSR count). The van der Waals surface area contributed by atoms with Crippen LogP contribution in [0.5, 0.6) is 11.5 Å². The van der Waals surface area contributed by atoms with E-state index in [1.807, 2.05) is 12.1 Å². The number of phenols is 1. The average molecular weight is 446 g/mol. The molecular formula is C20H20BrN3O4. The van der Waals surface area contributed by atoms with Crippen LogP contribution in [0.15, 0.2) is 51.9 Å². The zero-order valence-electron chi connectivity index (χ0n) is 15.4. The van der Waals surface area contributed by atoms with Gasteiger partial charge in [0, 0.05) is 15.9 Å². The highest BCUT2D eigenvalue weighted by atomic mass is 79.9. The number of nitrogens with one attached hydrogen (secondary N) is 2. The minimum atomic E-state index is -0.708. The zero-order chi connectivity index (χ0) is 20.3. The van der Waals surface area contributed by atoms with E-state index in [1.165, 1.54) is 6.07 Å². The number of carbonyl (C=O) groups is 2. The van der Waals surface area contributed by atoms with Crippen molar-refractivity contribution in [2.24, 2.45) is 10.9 Å². The molecule has 1 aliphatic rings. The summed E-state index contributed by atoms with van der Waals surface area (Å²) in [7, 11) is 0. The van der Waals surface area contributed by atoms with E-state index in [4.69, 9.17) is 4.74 Å². The molecule has 0 aromatic heterocycles. The predicted molar refractivity (Wildman–Crippen MR) is 110 cm³/mol. The molecule has 3 N–H and O–H groups in total. The van der Waals surface area contributed by atoms with E-state index < -0.39 is 18.0 Å². The van der Waals surface area contributed by atoms with Gasteiger partial charge in [-0.15, -0.1) is 0 Å². The first-order chi connectivity index (χ1) is 13.4. The van der Waals surface area contributed by atoms with Gasteiger partial charge >= 0.3 is 6.03 Å². The van der Waals surface area contributed by atoms with Gasteiger partial charge in [-0.05, 0) is 55.8 Å². The summed E-state index contributed by atoms with van der Waals surface area (Å²) in [5.41, 5.74) is 1.69. The fourth-order valence-corrected chi connectivity index (χ4v) is 3.35. The molecule has 2 aromatic carbocycles. The molecular weight excluding hydrogens is 426 g/mol. The number of hydrogen-bond donors (Lipinski definition) is 3. The molecule has 28 heavy (non-hydrogen) atoms. The van der Waals surface area contributed by atoms with Crippen LogP contribution in [-0.4, -0.2) is 29.4 Å². The van der Waals surface area contributed by atoms with Gasteiger partial charge in [0.25, 0.3) is 0 Å². The first kappa shape index (κ1) is 19.9. The Kier molecular flexibility index (Phi) is 5.99. The third-order valence-electron chi connectivity index (χ3n) is 4.38. The average Bonchev–Trinajstić information content (AvgIpc) is 2.65. The third kappa shape index (κ3) is 4.33. The van der Waals surface area contributed by atoms with Crippen LogP contribution in [-0.2, 0) is 4.79 Å². The molecule has 8 heteroatoms. The molecule has 2 atom stereocenters. The first-order valence-electron chi connectivity index (χ1n) is 8.77.